The topological polar surface area (TPSA) is 146 Å². The number of H-pyrrole nitrogens is 2. The number of benzene rings is 4. The van der Waals surface area contributed by atoms with Crippen LogP contribution in [0.5, 0.6) is 23.0 Å². The number of rotatable bonds is 16. The van der Waals surface area contributed by atoms with E-state index in [2.05, 4.69) is 65.4 Å². The molecule has 8 bridgehead atoms. The van der Waals surface area contributed by atoms with Gasteiger partial charge in [0.1, 0.15) is 22.6 Å². The van der Waals surface area contributed by atoms with Gasteiger partial charge in [0.2, 0.25) is 11.5 Å². The minimum absolute atomic E-state index is 0. The number of nitrogens with zero attached hydrogens (tertiary/aromatic N) is 6. The van der Waals surface area contributed by atoms with Crippen molar-refractivity contribution in [2.24, 2.45) is 0 Å². The van der Waals surface area contributed by atoms with Crippen LogP contribution >= 0.6 is 0 Å². The van der Waals surface area contributed by atoms with Gasteiger partial charge in [0.05, 0.1) is 35.2 Å². The summed E-state index contributed by atoms with van der Waals surface area (Å²) in [5.41, 5.74) is 5.66. The Morgan fingerprint density at radius 3 is 0.985 bits per heavy atom. The van der Waals surface area contributed by atoms with Crippen molar-refractivity contribution >= 4 is 44.1 Å². The fraction of sp³-hybridized carbons (Fsp3) is 0.385. The summed E-state index contributed by atoms with van der Waals surface area (Å²) in [5, 5.41) is 3.15. The molecule has 338 valence electrons. The molecule has 4 unspecified atom stereocenters. The molecule has 13 heteroatoms. The Hall–Kier alpha value is -5.90. The van der Waals surface area contributed by atoms with Crippen LogP contribution in [0.1, 0.15) is 107 Å². The first-order valence-corrected chi connectivity index (χ1v) is 23.2. The van der Waals surface area contributed by atoms with Gasteiger partial charge in [-0.2, -0.15) is 0 Å². The molecular weight excluding hydrogens is 907 g/mol. The minimum atomic E-state index is -0.179. The molecule has 0 saturated carbocycles. The maximum Gasteiger partial charge on any atom is 2.00 e. The molecule has 0 radical (unpaired) electrons. The molecule has 5 heterocycles. The third kappa shape index (κ3) is 8.93. The number of ether oxygens (including phenoxy) is 4. The number of hydrogen-bond acceptors (Lipinski definition) is 10. The minimum Gasteiger partial charge on any atom is -0.486 e. The number of aromatic nitrogens is 8. The molecule has 65 heavy (non-hydrogen) atoms. The van der Waals surface area contributed by atoms with E-state index in [1.807, 2.05) is 72.8 Å². The summed E-state index contributed by atoms with van der Waals surface area (Å²) in [5.74, 6) is 4.07. The van der Waals surface area contributed by atoms with Crippen molar-refractivity contribution in [2.75, 3.05) is 0 Å². The molecule has 0 amide bonds. The summed E-state index contributed by atoms with van der Waals surface area (Å²) in [6.45, 7) is 17.0. The van der Waals surface area contributed by atoms with Gasteiger partial charge in [-0.15, -0.1) is 0 Å². The van der Waals surface area contributed by atoms with E-state index in [4.69, 9.17) is 48.9 Å². The zero-order chi connectivity index (χ0) is 44.5. The molecule has 7 aromatic rings. The van der Waals surface area contributed by atoms with Gasteiger partial charge < -0.3 is 28.9 Å². The van der Waals surface area contributed by atoms with Crippen molar-refractivity contribution < 1.29 is 39.4 Å². The van der Waals surface area contributed by atoms with Crippen LogP contribution in [0.25, 0.3) is 89.7 Å². The van der Waals surface area contributed by atoms with E-state index in [1.165, 1.54) is 0 Å². The predicted octanol–water partition coefficient (Wildman–Crippen LogP) is 13.1. The van der Waals surface area contributed by atoms with Crippen molar-refractivity contribution in [3.05, 3.63) is 72.8 Å². The molecular formula is C52H58N8O4Pd+2. The fourth-order valence-corrected chi connectivity index (χ4v) is 8.89. The molecule has 4 atom stereocenters. The zero-order valence-corrected chi connectivity index (χ0v) is 40.1. The SMILES string of the molecule is CCCC(C)Oc1c(OC(C)CCC)c(OC(C)CCC)c2c3nc4nc(nc5[nH]c(nc6nc(nc([nH]3)c2c1OC(C)CCC)-c1ccccc1-6)c1ccccc51)-c1ccccc1-4.[Pd+2]. The second kappa shape index (κ2) is 19.7. The summed E-state index contributed by atoms with van der Waals surface area (Å²) in [6, 6.07) is 24.2. The van der Waals surface area contributed by atoms with Gasteiger partial charge in [0, 0.05) is 33.0 Å². The molecule has 12 nitrogen and oxygen atoms in total. The first-order chi connectivity index (χ1) is 31.2. The van der Waals surface area contributed by atoms with Gasteiger partial charge in [-0.05, 0) is 53.4 Å². The van der Waals surface area contributed by atoms with Crippen LogP contribution in [0.4, 0.5) is 0 Å². The first kappa shape index (κ1) is 45.7. The average molecular weight is 966 g/mol. The smallest absolute Gasteiger partial charge is 0.486 e. The van der Waals surface area contributed by atoms with Crippen molar-refractivity contribution in [3.8, 4) is 68.5 Å². The van der Waals surface area contributed by atoms with Crippen LogP contribution < -0.4 is 18.9 Å². The third-order valence-electron chi connectivity index (χ3n) is 11.9. The van der Waals surface area contributed by atoms with Crippen LogP contribution in [0.3, 0.4) is 0 Å². The second-order valence-corrected chi connectivity index (χ2v) is 17.2. The number of nitrogens with one attached hydrogen (secondary N) is 2. The predicted molar refractivity (Wildman–Crippen MR) is 256 cm³/mol. The van der Waals surface area contributed by atoms with E-state index in [1.54, 1.807) is 0 Å². The molecule has 4 aromatic carbocycles. The van der Waals surface area contributed by atoms with Crippen molar-refractivity contribution in [1.29, 1.82) is 0 Å². The largest absolute Gasteiger partial charge is 2.00 e. The molecule has 0 spiro atoms. The van der Waals surface area contributed by atoms with Crippen LogP contribution in [-0.4, -0.2) is 64.3 Å². The van der Waals surface area contributed by atoms with Crippen molar-refractivity contribution in [1.82, 2.24) is 39.9 Å². The van der Waals surface area contributed by atoms with Crippen LogP contribution in [0.15, 0.2) is 72.8 Å². The molecule has 0 aliphatic carbocycles. The summed E-state index contributed by atoms with van der Waals surface area (Å²) in [7, 11) is 0. The molecule has 2 N–H and O–H groups in total. The summed E-state index contributed by atoms with van der Waals surface area (Å²) < 4.78 is 28.4. The Morgan fingerprint density at radius 1 is 0.385 bits per heavy atom. The van der Waals surface area contributed by atoms with Crippen LogP contribution in [0.2, 0.25) is 0 Å². The maximum absolute atomic E-state index is 7.14. The maximum atomic E-state index is 7.14. The van der Waals surface area contributed by atoms with Crippen LogP contribution in [-0.2, 0) is 20.4 Å². The quantitative estimate of drug-likeness (QED) is 0.0897. The summed E-state index contributed by atoms with van der Waals surface area (Å²) >= 11 is 0. The Labute approximate surface area is 394 Å². The monoisotopic (exact) mass is 964 g/mol. The number of fused-ring (bicyclic) bond motifs is 20. The standard InChI is InChI=1S/C52H58N8O4.Pd/c1-9-19-29(5)61-41-39-40(42(62-30(6)20-10-2)44(64-32(8)22-12-4)43(41)63-31(7)21-11-3)52-59-50-38-28-18-16-26-36(38)48(57-50)55-46-34-24-14-13-23-33(34)45(53-46)54-47-35-25-15-17-27-37(35)49(56-47)58-51(39)60-52;/h13-18,23-32H,9-12,19-22H2,1-8H3,(H2,53,54,55,56,57,58,59,60);/q;+2. The average Bonchev–Trinajstić information content (AvgIpc) is 4.02. The normalized spacial score (nSPS) is 13.7. The van der Waals surface area contributed by atoms with E-state index in [0.29, 0.717) is 79.7 Å². The summed E-state index contributed by atoms with van der Waals surface area (Å²) in [6.07, 6.45) is 6.36. The molecule has 0 fully saturated rings. The number of aromatic amines is 2. The van der Waals surface area contributed by atoms with Gasteiger partial charge in [-0.3, -0.25) is 0 Å². The Bertz CT molecular complexity index is 2820. The van der Waals surface area contributed by atoms with Crippen molar-refractivity contribution in [3.63, 3.8) is 0 Å². The molecule has 9 rings (SSSR count). The third-order valence-corrected chi connectivity index (χ3v) is 11.9. The van der Waals surface area contributed by atoms with E-state index >= 15 is 0 Å². The number of hydrogen-bond donors (Lipinski definition) is 2. The van der Waals surface area contributed by atoms with E-state index in [9.17, 15) is 0 Å². The van der Waals surface area contributed by atoms with Gasteiger partial charge in [0.15, 0.2) is 34.8 Å². The van der Waals surface area contributed by atoms with Gasteiger partial charge >= 0.3 is 20.4 Å². The van der Waals surface area contributed by atoms with E-state index in [0.717, 1.165) is 84.4 Å². The molecule has 2 aliphatic rings. The first-order valence-electron chi connectivity index (χ1n) is 23.2. The van der Waals surface area contributed by atoms with E-state index < -0.39 is 0 Å². The molecule has 0 saturated heterocycles. The molecule has 2 aliphatic heterocycles. The summed E-state index contributed by atoms with van der Waals surface area (Å²) in [4.78, 5) is 38.8. The Balaban J connectivity index is 0.00000576. The van der Waals surface area contributed by atoms with Gasteiger partial charge in [-0.1, -0.05) is 126 Å². The zero-order valence-electron chi connectivity index (χ0n) is 38.5. The van der Waals surface area contributed by atoms with Crippen molar-refractivity contribution in [2.45, 2.75) is 131 Å². The van der Waals surface area contributed by atoms with Crippen LogP contribution in [0, 0.1) is 0 Å². The van der Waals surface area contributed by atoms with Gasteiger partial charge in [-0.25, -0.2) is 29.9 Å². The van der Waals surface area contributed by atoms with E-state index in [-0.39, 0.29) is 44.8 Å². The Kier molecular flexibility index (Phi) is 13.8. The fourth-order valence-electron chi connectivity index (χ4n) is 8.89. The Morgan fingerprint density at radius 2 is 0.662 bits per heavy atom. The van der Waals surface area contributed by atoms with Gasteiger partial charge in [0.25, 0.3) is 0 Å². The second-order valence-electron chi connectivity index (χ2n) is 17.2. The molecule has 3 aromatic heterocycles.